The van der Waals surface area contributed by atoms with Gasteiger partial charge in [0.25, 0.3) is 0 Å². The molecule has 0 radical (unpaired) electrons. The van der Waals surface area contributed by atoms with Gasteiger partial charge in [0.1, 0.15) is 5.75 Å². The molecule has 1 aromatic rings. The minimum absolute atomic E-state index is 0.136. The van der Waals surface area contributed by atoms with Gasteiger partial charge >= 0.3 is 0 Å². The van der Waals surface area contributed by atoms with Crippen LogP contribution in [0.4, 0.5) is 0 Å². The fourth-order valence-corrected chi connectivity index (χ4v) is 3.07. The Morgan fingerprint density at radius 3 is 2.94 bits per heavy atom. The van der Waals surface area contributed by atoms with Crippen molar-refractivity contribution in [1.29, 1.82) is 0 Å². The number of hydrogen-bond donors (Lipinski definition) is 0. The number of methoxy groups -OCH3 is 1. The van der Waals surface area contributed by atoms with Crippen LogP contribution in [0.5, 0.6) is 5.75 Å². The van der Waals surface area contributed by atoms with Gasteiger partial charge in [-0.25, -0.2) is 0 Å². The molecular formula is C13H16BrClO2. The van der Waals surface area contributed by atoms with Crippen molar-refractivity contribution in [2.45, 2.75) is 30.2 Å². The molecule has 2 nitrogen and oxygen atoms in total. The lowest BCUT2D eigenvalue weighted by molar-refractivity contribution is 0.0157. The first-order valence-electron chi connectivity index (χ1n) is 5.81. The maximum absolute atomic E-state index is 6.04. The molecule has 1 aliphatic heterocycles. The lowest BCUT2D eigenvalue weighted by Gasteiger charge is -2.28. The van der Waals surface area contributed by atoms with Gasteiger partial charge in [-0.05, 0) is 37.5 Å². The SMILES string of the molecule is COc1ccc(Cl)cc1C(Br)C1CCCCO1. The molecule has 1 saturated heterocycles. The van der Waals surface area contributed by atoms with Gasteiger partial charge in [-0.15, -0.1) is 0 Å². The summed E-state index contributed by atoms with van der Waals surface area (Å²) in [5.41, 5.74) is 1.06. The van der Waals surface area contributed by atoms with E-state index < -0.39 is 0 Å². The summed E-state index contributed by atoms with van der Waals surface area (Å²) in [6.45, 7) is 0.843. The first-order chi connectivity index (χ1) is 8.22. The molecular weight excluding hydrogens is 303 g/mol. The van der Waals surface area contributed by atoms with Crippen molar-refractivity contribution in [3.05, 3.63) is 28.8 Å². The highest BCUT2D eigenvalue weighted by Crippen LogP contribution is 2.39. The van der Waals surface area contributed by atoms with Gasteiger partial charge in [-0.1, -0.05) is 27.5 Å². The second-order valence-electron chi connectivity index (χ2n) is 4.19. The molecule has 0 aliphatic carbocycles. The van der Waals surface area contributed by atoms with Crippen LogP contribution in [-0.4, -0.2) is 19.8 Å². The third-order valence-corrected chi connectivity index (χ3v) is 4.35. The smallest absolute Gasteiger partial charge is 0.123 e. The first kappa shape index (κ1) is 13.2. The Labute approximate surface area is 115 Å². The third-order valence-electron chi connectivity index (χ3n) is 3.03. The van der Waals surface area contributed by atoms with E-state index >= 15 is 0 Å². The van der Waals surface area contributed by atoms with E-state index in [9.17, 15) is 0 Å². The van der Waals surface area contributed by atoms with Gasteiger partial charge < -0.3 is 9.47 Å². The van der Waals surface area contributed by atoms with Crippen molar-refractivity contribution in [3.63, 3.8) is 0 Å². The molecule has 94 valence electrons. The highest BCUT2D eigenvalue weighted by molar-refractivity contribution is 9.09. The van der Waals surface area contributed by atoms with E-state index in [-0.39, 0.29) is 10.9 Å². The van der Waals surface area contributed by atoms with Crippen LogP contribution in [0.15, 0.2) is 18.2 Å². The molecule has 0 aromatic heterocycles. The summed E-state index contributed by atoms with van der Waals surface area (Å²) >= 11 is 9.75. The number of rotatable bonds is 3. The lowest BCUT2D eigenvalue weighted by Crippen LogP contribution is -2.23. The number of ether oxygens (including phenoxy) is 2. The number of halogens is 2. The van der Waals surface area contributed by atoms with E-state index in [0.29, 0.717) is 0 Å². The molecule has 4 heteroatoms. The Kier molecular flexibility index (Phi) is 4.71. The Morgan fingerprint density at radius 2 is 2.29 bits per heavy atom. The summed E-state index contributed by atoms with van der Waals surface area (Å²) in [7, 11) is 1.67. The van der Waals surface area contributed by atoms with Crippen molar-refractivity contribution in [1.82, 2.24) is 0 Å². The largest absolute Gasteiger partial charge is 0.496 e. The van der Waals surface area contributed by atoms with Crippen LogP contribution in [0.3, 0.4) is 0 Å². The first-order valence-corrected chi connectivity index (χ1v) is 7.11. The van der Waals surface area contributed by atoms with E-state index in [1.165, 1.54) is 6.42 Å². The summed E-state index contributed by atoms with van der Waals surface area (Å²) in [5.74, 6) is 0.852. The standard InChI is InChI=1S/C13H16BrClO2/c1-16-11-6-5-9(15)8-10(11)13(14)12-4-2-3-7-17-12/h5-6,8,12-13H,2-4,7H2,1H3. The Morgan fingerprint density at radius 1 is 1.47 bits per heavy atom. The van der Waals surface area contributed by atoms with Crippen LogP contribution in [0.1, 0.15) is 29.7 Å². The van der Waals surface area contributed by atoms with Gasteiger partial charge in [-0.3, -0.25) is 0 Å². The van der Waals surface area contributed by atoms with Crippen molar-refractivity contribution >= 4 is 27.5 Å². The Hall–Kier alpha value is -0.250. The highest BCUT2D eigenvalue weighted by Gasteiger charge is 2.26. The molecule has 17 heavy (non-hydrogen) atoms. The summed E-state index contributed by atoms with van der Waals surface area (Å²) in [4.78, 5) is 0.136. The highest BCUT2D eigenvalue weighted by atomic mass is 79.9. The van der Waals surface area contributed by atoms with Gasteiger partial charge in [0, 0.05) is 17.2 Å². The Bertz CT molecular complexity index is 378. The predicted octanol–water partition coefficient (Wildman–Crippen LogP) is 4.35. The minimum atomic E-state index is 0.136. The van der Waals surface area contributed by atoms with Crippen molar-refractivity contribution < 1.29 is 9.47 Å². The van der Waals surface area contributed by atoms with E-state index in [2.05, 4.69) is 15.9 Å². The maximum Gasteiger partial charge on any atom is 0.123 e. The van der Waals surface area contributed by atoms with Gasteiger partial charge in [0.2, 0.25) is 0 Å². The molecule has 0 bridgehead atoms. The van der Waals surface area contributed by atoms with E-state index in [1.54, 1.807) is 7.11 Å². The van der Waals surface area contributed by atoms with Crippen LogP contribution < -0.4 is 4.74 Å². The maximum atomic E-state index is 6.04. The molecule has 2 atom stereocenters. The molecule has 1 fully saturated rings. The van der Waals surface area contributed by atoms with E-state index in [1.807, 2.05) is 18.2 Å². The van der Waals surface area contributed by atoms with E-state index in [0.717, 1.165) is 35.8 Å². The molecule has 0 N–H and O–H groups in total. The second kappa shape index (κ2) is 6.07. The average molecular weight is 320 g/mol. The number of alkyl halides is 1. The zero-order chi connectivity index (χ0) is 12.3. The van der Waals surface area contributed by atoms with Crippen LogP contribution in [-0.2, 0) is 4.74 Å². The molecule has 2 unspecified atom stereocenters. The topological polar surface area (TPSA) is 18.5 Å². The zero-order valence-electron chi connectivity index (χ0n) is 9.79. The van der Waals surface area contributed by atoms with Gasteiger partial charge in [0.05, 0.1) is 18.0 Å². The summed E-state index contributed by atoms with van der Waals surface area (Å²) < 4.78 is 11.2. The van der Waals surface area contributed by atoms with Crippen LogP contribution in [0.2, 0.25) is 5.02 Å². The molecule has 2 rings (SSSR count). The fraction of sp³-hybridized carbons (Fsp3) is 0.538. The van der Waals surface area contributed by atoms with Crippen LogP contribution in [0, 0.1) is 0 Å². The van der Waals surface area contributed by atoms with Crippen molar-refractivity contribution in [2.24, 2.45) is 0 Å². The zero-order valence-corrected chi connectivity index (χ0v) is 12.1. The van der Waals surface area contributed by atoms with Gasteiger partial charge in [0.15, 0.2) is 0 Å². The monoisotopic (exact) mass is 318 g/mol. The normalized spacial score (nSPS) is 22.2. The minimum Gasteiger partial charge on any atom is -0.496 e. The fourth-order valence-electron chi connectivity index (χ4n) is 2.12. The molecule has 0 saturated carbocycles. The number of hydrogen-bond acceptors (Lipinski definition) is 2. The van der Waals surface area contributed by atoms with E-state index in [4.69, 9.17) is 21.1 Å². The molecule has 1 aromatic carbocycles. The third kappa shape index (κ3) is 3.15. The van der Waals surface area contributed by atoms with Crippen LogP contribution >= 0.6 is 27.5 Å². The quantitative estimate of drug-likeness (QED) is 0.771. The molecule has 0 amide bonds. The molecule has 1 heterocycles. The summed E-state index contributed by atoms with van der Waals surface area (Å²) in [6.07, 6.45) is 3.65. The second-order valence-corrected chi connectivity index (χ2v) is 5.62. The molecule has 1 aliphatic rings. The summed E-state index contributed by atoms with van der Waals surface area (Å²) in [5, 5.41) is 0.723. The lowest BCUT2D eigenvalue weighted by atomic mass is 10.0. The van der Waals surface area contributed by atoms with Crippen molar-refractivity contribution in [2.75, 3.05) is 13.7 Å². The van der Waals surface area contributed by atoms with Crippen LogP contribution in [0.25, 0.3) is 0 Å². The average Bonchev–Trinajstić information content (AvgIpc) is 2.39. The molecule has 0 spiro atoms. The van der Waals surface area contributed by atoms with Gasteiger partial charge in [-0.2, -0.15) is 0 Å². The van der Waals surface area contributed by atoms with Crippen molar-refractivity contribution in [3.8, 4) is 5.75 Å². The number of benzene rings is 1. The predicted molar refractivity (Wildman–Crippen MR) is 73.3 cm³/mol. The Balaban J connectivity index is 2.21. The summed E-state index contributed by atoms with van der Waals surface area (Å²) in [6, 6.07) is 5.68.